The van der Waals surface area contributed by atoms with Crippen molar-refractivity contribution in [2.24, 2.45) is 0 Å². The number of carbonyl (C=O) groups is 2. The Balaban J connectivity index is 1.70. The summed E-state index contributed by atoms with van der Waals surface area (Å²) in [6.45, 7) is 1.54. The number of hydrogen-bond acceptors (Lipinski definition) is 2. The van der Waals surface area contributed by atoms with Gasteiger partial charge in [-0.2, -0.15) is 0 Å². The van der Waals surface area contributed by atoms with E-state index in [1.54, 1.807) is 4.90 Å². The number of nitrogens with one attached hydrogen (secondary N) is 1. The molecule has 1 N–H and O–H groups in total. The molecule has 1 atom stereocenters. The van der Waals surface area contributed by atoms with Crippen LogP contribution in [0, 0.1) is 0 Å². The van der Waals surface area contributed by atoms with Gasteiger partial charge in [-0.15, -0.1) is 0 Å². The van der Waals surface area contributed by atoms with E-state index in [4.69, 9.17) is 0 Å². The fraction of sp³-hybridized carbons (Fsp3) is 0.579. The average molecular weight is 314 g/mol. The quantitative estimate of drug-likeness (QED) is 0.911. The second-order valence-corrected chi connectivity index (χ2v) is 6.79. The highest BCUT2D eigenvalue weighted by molar-refractivity contribution is 6.02. The SMILES string of the molecule is CC(=O)N1c2ccccc2C[C@@H]1C(=O)NC1CCCCCCC1. The lowest BCUT2D eigenvalue weighted by Gasteiger charge is -2.27. The van der Waals surface area contributed by atoms with Crippen molar-refractivity contribution in [1.29, 1.82) is 0 Å². The summed E-state index contributed by atoms with van der Waals surface area (Å²) in [5, 5.41) is 3.22. The minimum Gasteiger partial charge on any atom is -0.352 e. The first kappa shape index (κ1) is 16.0. The van der Waals surface area contributed by atoms with Gasteiger partial charge in [-0.25, -0.2) is 0 Å². The fourth-order valence-corrected chi connectivity index (χ4v) is 3.88. The van der Waals surface area contributed by atoms with Crippen LogP contribution in [0.1, 0.15) is 57.4 Å². The molecule has 23 heavy (non-hydrogen) atoms. The van der Waals surface area contributed by atoms with Crippen molar-refractivity contribution in [3.8, 4) is 0 Å². The highest BCUT2D eigenvalue weighted by Gasteiger charge is 2.37. The topological polar surface area (TPSA) is 49.4 Å². The molecule has 0 spiro atoms. The predicted molar refractivity (Wildman–Crippen MR) is 91.3 cm³/mol. The first-order valence-corrected chi connectivity index (χ1v) is 8.85. The summed E-state index contributed by atoms with van der Waals surface area (Å²) >= 11 is 0. The van der Waals surface area contributed by atoms with Gasteiger partial charge in [0.25, 0.3) is 0 Å². The van der Waals surface area contributed by atoms with Crippen LogP contribution >= 0.6 is 0 Å². The molecule has 4 nitrogen and oxygen atoms in total. The molecule has 0 saturated heterocycles. The second kappa shape index (κ2) is 7.16. The van der Waals surface area contributed by atoms with Gasteiger partial charge in [-0.05, 0) is 24.5 Å². The Morgan fingerprint density at radius 2 is 1.70 bits per heavy atom. The van der Waals surface area contributed by atoms with Gasteiger partial charge in [0.05, 0.1) is 0 Å². The molecule has 1 aromatic carbocycles. The van der Waals surface area contributed by atoms with E-state index in [1.807, 2.05) is 24.3 Å². The van der Waals surface area contributed by atoms with Gasteiger partial charge in [0.15, 0.2) is 0 Å². The van der Waals surface area contributed by atoms with Crippen LogP contribution in [-0.2, 0) is 16.0 Å². The summed E-state index contributed by atoms with van der Waals surface area (Å²) < 4.78 is 0. The van der Waals surface area contributed by atoms with Crippen LogP contribution in [0.3, 0.4) is 0 Å². The Hall–Kier alpha value is -1.84. The number of fused-ring (bicyclic) bond motifs is 1. The second-order valence-electron chi connectivity index (χ2n) is 6.79. The molecule has 1 aliphatic carbocycles. The van der Waals surface area contributed by atoms with E-state index in [0.717, 1.165) is 24.1 Å². The number of anilines is 1. The molecule has 2 aliphatic rings. The van der Waals surface area contributed by atoms with E-state index in [-0.39, 0.29) is 17.9 Å². The van der Waals surface area contributed by atoms with Crippen LogP contribution in [0.5, 0.6) is 0 Å². The number of nitrogens with zero attached hydrogens (tertiary/aromatic N) is 1. The van der Waals surface area contributed by atoms with Crippen molar-refractivity contribution in [3.63, 3.8) is 0 Å². The number of hydrogen-bond donors (Lipinski definition) is 1. The van der Waals surface area contributed by atoms with Crippen molar-refractivity contribution in [3.05, 3.63) is 29.8 Å². The van der Waals surface area contributed by atoms with Gasteiger partial charge in [-0.1, -0.05) is 50.3 Å². The Bertz CT molecular complexity index is 576. The van der Waals surface area contributed by atoms with Crippen LogP contribution in [0.2, 0.25) is 0 Å². The zero-order valence-corrected chi connectivity index (χ0v) is 13.9. The molecular weight excluding hydrogens is 288 g/mol. The number of amides is 2. The number of para-hydroxylation sites is 1. The molecule has 124 valence electrons. The average Bonchev–Trinajstić information content (AvgIpc) is 2.89. The summed E-state index contributed by atoms with van der Waals surface area (Å²) in [5.41, 5.74) is 1.97. The predicted octanol–water partition coefficient (Wildman–Crippen LogP) is 3.19. The van der Waals surface area contributed by atoms with E-state index in [2.05, 4.69) is 5.32 Å². The van der Waals surface area contributed by atoms with Gasteiger partial charge in [0.1, 0.15) is 6.04 Å². The molecule has 0 aromatic heterocycles. The van der Waals surface area contributed by atoms with Crippen molar-refractivity contribution in [2.45, 2.75) is 70.4 Å². The number of rotatable bonds is 2. The van der Waals surface area contributed by atoms with Gasteiger partial charge in [0, 0.05) is 25.1 Å². The standard InChI is InChI=1S/C19H26N2O2/c1-14(22)21-17-12-8-7-9-15(17)13-18(21)19(23)20-16-10-5-3-2-4-6-11-16/h7-9,12,16,18H,2-6,10-11,13H2,1H3,(H,20,23)/t18-/m1/s1. The largest absolute Gasteiger partial charge is 0.352 e. The zero-order chi connectivity index (χ0) is 16.2. The van der Waals surface area contributed by atoms with E-state index < -0.39 is 6.04 Å². The Labute approximate surface area is 138 Å². The summed E-state index contributed by atoms with van der Waals surface area (Å²) in [4.78, 5) is 26.5. The molecule has 0 unspecified atom stereocenters. The van der Waals surface area contributed by atoms with E-state index in [9.17, 15) is 9.59 Å². The van der Waals surface area contributed by atoms with Crippen molar-refractivity contribution in [1.82, 2.24) is 5.32 Å². The molecule has 2 amide bonds. The molecule has 1 heterocycles. The maximum absolute atomic E-state index is 12.8. The van der Waals surface area contributed by atoms with Crippen LogP contribution < -0.4 is 10.2 Å². The molecule has 1 fully saturated rings. The molecule has 1 saturated carbocycles. The lowest BCUT2D eigenvalue weighted by atomic mass is 9.96. The normalized spacial score (nSPS) is 22.1. The van der Waals surface area contributed by atoms with E-state index in [0.29, 0.717) is 6.42 Å². The van der Waals surface area contributed by atoms with E-state index in [1.165, 1.54) is 39.0 Å². The monoisotopic (exact) mass is 314 g/mol. The summed E-state index contributed by atoms with van der Waals surface area (Å²) in [7, 11) is 0. The van der Waals surface area contributed by atoms with Crippen LogP contribution in [-0.4, -0.2) is 23.9 Å². The van der Waals surface area contributed by atoms with Crippen LogP contribution in [0.4, 0.5) is 5.69 Å². The fourth-order valence-electron chi connectivity index (χ4n) is 3.88. The summed E-state index contributed by atoms with van der Waals surface area (Å²) in [6, 6.07) is 7.69. The van der Waals surface area contributed by atoms with Crippen molar-refractivity contribution >= 4 is 17.5 Å². The molecule has 4 heteroatoms. The third kappa shape index (κ3) is 3.57. The maximum Gasteiger partial charge on any atom is 0.243 e. The van der Waals surface area contributed by atoms with Gasteiger partial charge >= 0.3 is 0 Å². The first-order valence-electron chi connectivity index (χ1n) is 8.85. The smallest absolute Gasteiger partial charge is 0.243 e. The Morgan fingerprint density at radius 1 is 1.04 bits per heavy atom. The van der Waals surface area contributed by atoms with Crippen molar-refractivity contribution < 1.29 is 9.59 Å². The zero-order valence-electron chi connectivity index (χ0n) is 13.9. The third-order valence-electron chi connectivity index (χ3n) is 5.07. The molecular formula is C19H26N2O2. The minimum absolute atomic E-state index is 0.00183. The van der Waals surface area contributed by atoms with E-state index >= 15 is 0 Å². The number of benzene rings is 1. The molecule has 3 rings (SSSR count). The summed E-state index contributed by atoms with van der Waals surface area (Å²) in [6.07, 6.45) is 8.96. The maximum atomic E-state index is 12.8. The Morgan fingerprint density at radius 3 is 2.39 bits per heavy atom. The molecule has 0 radical (unpaired) electrons. The van der Waals surface area contributed by atoms with Crippen LogP contribution in [0.25, 0.3) is 0 Å². The molecule has 0 bridgehead atoms. The minimum atomic E-state index is -0.393. The van der Waals surface area contributed by atoms with Gasteiger partial charge in [0.2, 0.25) is 11.8 Å². The van der Waals surface area contributed by atoms with Crippen LogP contribution in [0.15, 0.2) is 24.3 Å². The highest BCUT2D eigenvalue weighted by atomic mass is 16.2. The third-order valence-corrected chi connectivity index (χ3v) is 5.07. The lowest BCUT2D eigenvalue weighted by molar-refractivity contribution is -0.126. The number of carbonyl (C=O) groups excluding carboxylic acids is 2. The van der Waals surface area contributed by atoms with Gasteiger partial charge in [-0.3, -0.25) is 14.5 Å². The first-order chi connectivity index (χ1) is 11.2. The van der Waals surface area contributed by atoms with Gasteiger partial charge < -0.3 is 5.32 Å². The summed E-state index contributed by atoms with van der Waals surface area (Å²) in [5.74, 6) is -0.0604. The Kier molecular flexibility index (Phi) is 4.99. The highest BCUT2D eigenvalue weighted by Crippen LogP contribution is 2.32. The molecule has 1 aromatic rings. The molecule has 1 aliphatic heterocycles. The van der Waals surface area contributed by atoms with Crippen molar-refractivity contribution in [2.75, 3.05) is 4.90 Å². The lowest BCUT2D eigenvalue weighted by Crippen LogP contribution is -2.50.